The largest absolute Gasteiger partial charge is 0.453 e. The van der Waals surface area contributed by atoms with Gasteiger partial charge in [0, 0.05) is 18.1 Å². The molecule has 2 heterocycles. The van der Waals surface area contributed by atoms with Crippen molar-refractivity contribution >= 4 is 34.3 Å². The molecular weight excluding hydrogens is 379 g/mol. The van der Waals surface area contributed by atoms with Gasteiger partial charge in [0.2, 0.25) is 5.91 Å². The van der Waals surface area contributed by atoms with Gasteiger partial charge in [-0.25, -0.2) is 4.39 Å². The second-order valence-corrected chi connectivity index (χ2v) is 7.26. The minimum Gasteiger partial charge on any atom is -0.453 e. The summed E-state index contributed by atoms with van der Waals surface area (Å²) in [5, 5.41) is 12.6. The van der Waals surface area contributed by atoms with Crippen LogP contribution in [0.1, 0.15) is 5.56 Å². The molecule has 0 aliphatic rings. The number of furan rings is 1. The predicted octanol–water partition coefficient (Wildman–Crippen LogP) is 4.41. The number of carbonyl (C=O) groups excluding carboxylic acids is 1. The molecule has 28 heavy (non-hydrogen) atoms. The molecule has 0 aliphatic carbocycles. The molecule has 4 rings (SSSR count). The molecule has 142 valence electrons. The maximum absolute atomic E-state index is 13.6. The molecule has 0 saturated carbocycles. The third-order valence-electron chi connectivity index (χ3n) is 4.27. The van der Waals surface area contributed by atoms with Crippen LogP contribution in [0, 0.1) is 12.7 Å². The Bertz CT molecular complexity index is 1140. The molecule has 0 saturated heterocycles. The Hall–Kier alpha value is -3.13. The maximum Gasteiger partial charge on any atom is 0.234 e. The molecule has 0 fully saturated rings. The Kier molecular flexibility index (Phi) is 4.87. The number of hydrogen-bond donors (Lipinski definition) is 1. The zero-order valence-electron chi connectivity index (χ0n) is 15.3. The van der Waals surface area contributed by atoms with E-state index in [0.29, 0.717) is 28.0 Å². The number of aromatic nitrogens is 3. The number of benzene rings is 2. The van der Waals surface area contributed by atoms with Gasteiger partial charge in [-0.15, -0.1) is 10.2 Å². The van der Waals surface area contributed by atoms with Crippen LogP contribution in [0.3, 0.4) is 0 Å². The zero-order valence-corrected chi connectivity index (χ0v) is 16.1. The van der Waals surface area contributed by atoms with Crippen LogP contribution in [0.5, 0.6) is 0 Å². The Labute approximate surface area is 164 Å². The van der Waals surface area contributed by atoms with E-state index in [0.717, 1.165) is 11.0 Å². The second kappa shape index (κ2) is 7.47. The maximum atomic E-state index is 13.6. The van der Waals surface area contributed by atoms with Crippen molar-refractivity contribution in [3.8, 4) is 11.6 Å². The van der Waals surface area contributed by atoms with E-state index >= 15 is 0 Å². The van der Waals surface area contributed by atoms with Gasteiger partial charge < -0.3 is 14.3 Å². The molecule has 1 N–H and O–H groups in total. The van der Waals surface area contributed by atoms with E-state index in [2.05, 4.69) is 15.5 Å². The summed E-state index contributed by atoms with van der Waals surface area (Å²) in [6.45, 7) is 1.67. The van der Waals surface area contributed by atoms with Crippen molar-refractivity contribution in [3.63, 3.8) is 0 Å². The summed E-state index contributed by atoms with van der Waals surface area (Å²) in [7, 11) is 1.82. The van der Waals surface area contributed by atoms with Crippen LogP contribution >= 0.6 is 11.8 Å². The number of halogens is 1. The highest BCUT2D eigenvalue weighted by Crippen LogP contribution is 2.28. The van der Waals surface area contributed by atoms with Gasteiger partial charge in [0.25, 0.3) is 0 Å². The summed E-state index contributed by atoms with van der Waals surface area (Å²) in [5.74, 6) is 0.722. The van der Waals surface area contributed by atoms with Gasteiger partial charge in [-0.3, -0.25) is 4.79 Å². The van der Waals surface area contributed by atoms with Crippen LogP contribution in [0.25, 0.3) is 22.6 Å². The van der Waals surface area contributed by atoms with E-state index in [1.807, 2.05) is 37.4 Å². The summed E-state index contributed by atoms with van der Waals surface area (Å²) in [5.41, 5.74) is 1.73. The molecule has 0 bridgehead atoms. The number of anilines is 1. The SMILES string of the molecule is Cc1ccc(NC(=O)CSc2nnc(-c3cc4ccccc4o3)n2C)cc1F. The number of nitrogens with zero attached hydrogens (tertiary/aromatic N) is 3. The van der Waals surface area contributed by atoms with Crippen molar-refractivity contribution in [2.75, 3.05) is 11.1 Å². The summed E-state index contributed by atoms with van der Waals surface area (Å²) < 4.78 is 21.2. The summed E-state index contributed by atoms with van der Waals surface area (Å²) in [4.78, 5) is 12.2. The first-order valence-electron chi connectivity index (χ1n) is 8.58. The van der Waals surface area contributed by atoms with E-state index < -0.39 is 0 Å². The number of amides is 1. The van der Waals surface area contributed by atoms with Crippen LogP contribution in [0.2, 0.25) is 0 Å². The van der Waals surface area contributed by atoms with Gasteiger partial charge >= 0.3 is 0 Å². The highest BCUT2D eigenvalue weighted by atomic mass is 32.2. The lowest BCUT2D eigenvalue weighted by Gasteiger charge is -2.06. The smallest absolute Gasteiger partial charge is 0.234 e. The zero-order chi connectivity index (χ0) is 19.7. The summed E-state index contributed by atoms with van der Waals surface area (Å²) >= 11 is 1.25. The standard InChI is InChI=1S/C20H17FN4O2S/c1-12-7-8-14(10-15(12)21)22-18(26)11-28-20-24-23-19(25(20)2)17-9-13-5-3-4-6-16(13)27-17/h3-10H,11H2,1-2H3,(H,22,26). The van der Waals surface area contributed by atoms with Gasteiger partial charge in [0.1, 0.15) is 11.4 Å². The van der Waals surface area contributed by atoms with E-state index in [-0.39, 0.29) is 17.5 Å². The van der Waals surface area contributed by atoms with Crippen LogP contribution in [0.4, 0.5) is 10.1 Å². The average Bonchev–Trinajstić information content (AvgIpc) is 3.26. The highest BCUT2D eigenvalue weighted by Gasteiger charge is 2.16. The molecule has 0 radical (unpaired) electrons. The number of hydrogen-bond acceptors (Lipinski definition) is 5. The molecule has 2 aromatic carbocycles. The van der Waals surface area contributed by atoms with Crippen molar-refractivity contribution in [1.82, 2.24) is 14.8 Å². The topological polar surface area (TPSA) is 73.0 Å². The average molecular weight is 396 g/mol. The van der Waals surface area contributed by atoms with Gasteiger partial charge in [0.15, 0.2) is 16.7 Å². The fourth-order valence-electron chi connectivity index (χ4n) is 2.75. The van der Waals surface area contributed by atoms with Crippen molar-refractivity contribution < 1.29 is 13.6 Å². The molecular formula is C20H17FN4O2S. The number of carbonyl (C=O) groups is 1. The Morgan fingerprint density at radius 1 is 1.21 bits per heavy atom. The Morgan fingerprint density at radius 3 is 2.82 bits per heavy atom. The summed E-state index contributed by atoms with van der Waals surface area (Å²) in [6.07, 6.45) is 0. The fourth-order valence-corrected chi connectivity index (χ4v) is 3.46. The lowest BCUT2D eigenvalue weighted by atomic mass is 10.2. The van der Waals surface area contributed by atoms with Crippen LogP contribution < -0.4 is 5.32 Å². The first-order chi connectivity index (χ1) is 13.5. The number of thioether (sulfide) groups is 1. The van der Waals surface area contributed by atoms with Crippen LogP contribution in [-0.2, 0) is 11.8 Å². The number of fused-ring (bicyclic) bond motifs is 1. The van der Waals surface area contributed by atoms with Gasteiger partial charge in [-0.2, -0.15) is 0 Å². The lowest BCUT2D eigenvalue weighted by Crippen LogP contribution is -2.14. The van der Waals surface area contributed by atoms with Crippen molar-refractivity contribution in [2.45, 2.75) is 12.1 Å². The predicted molar refractivity (Wildman–Crippen MR) is 107 cm³/mol. The normalized spacial score (nSPS) is 11.1. The number of nitrogens with one attached hydrogen (secondary N) is 1. The van der Waals surface area contributed by atoms with Gasteiger partial charge in [0.05, 0.1) is 5.75 Å². The number of para-hydroxylation sites is 1. The molecule has 8 heteroatoms. The Morgan fingerprint density at radius 2 is 2.04 bits per heavy atom. The van der Waals surface area contributed by atoms with Crippen molar-refractivity contribution in [2.24, 2.45) is 7.05 Å². The molecule has 0 spiro atoms. The fraction of sp³-hybridized carbons (Fsp3) is 0.150. The number of rotatable bonds is 5. The minimum absolute atomic E-state index is 0.127. The van der Waals surface area contributed by atoms with Crippen molar-refractivity contribution in [1.29, 1.82) is 0 Å². The third kappa shape index (κ3) is 3.63. The minimum atomic E-state index is -0.353. The first-order valence-corrected chi connectivity index (χ1v) is 9.57. The molecule has 1 amide bonds. The monoisotopic (exact) mass is 396 g/mol. The lowest BCUT2D eigenvalue weighted by molar-refractivity contribution is -0.113. The molecule has 2 aromatic heterocycles. The molecule has 0 atom stereocenters. The molecule has 0 aliphatic heterocycles. The Balaban J connectivity index is 1.44. The van der Waals surface area contributed by atoms with Crippen LogP contribution in [-0.4, -0.2) is 26.4 Å². The third-order valence-corrected chi connectivity index (χ3v) is 5.29. The van der Waals surface area contributed by atoms with Gasteiger partial charge in [-0.1, -0.05) is 36.0 Å². The highest BCUT2D eigenvalue weighted by molar-refractivity contribution is 7.99. The van der Waals surface area contributed by atoms with E-state index in [9.17, 15) is 9.18 Å². The molecule has 0 unspecified atom stereocenters. The van der Waals surface area contributed by atoms with E-state index in [1.54, 1.807) is 23.6 Å². The van der Waals surface area contributed by atoms with Crippen LogP contribution in [0.15, 0.2) is 58.1 Å². The van der Waals surface area contributed by atoms with Crippen molar-refractivity contribution in [3.05, 3.63) is 59.9 Å². The van der Waals surface area contributed by atoms with E-state index in [1.165, 1.54) is 17.8 Å². The number of aryl methyl sites for hydroxylation is 1. The first kappa shape index (κ1) is 18.2. The van der Waals surface area contributed by atoms with E-state index in [4.69, 9.17) is 4.42 Å². The summed E-state index contributed by atoms with van der Waals surface area (Å²) in [6, 6.07) is 14.2. The second-order valence-electron chi connectivity index (χ2n) is 6.31. The van der Waals surface area contributed by atoms with Gasteiger partial charge in [-0.05, 0) is 36.8 Å². The quantitative estimate of drug-likeness (QED) is 0.506. The molecule has 6 nitrogen and oxygen atoms in total. The molecule has 4 aromatic rings.